The average molecular weight is 546 g/mol. The van der Waals surface area contributed by atoms with Gasteiger partial charge in [0.1, 0.15) is 23.3 Å². The van der Waals surface area contributed by atoms with Crippen LogP contribution >= 0.6 is 0 Å². The van der Waals surface area contributed by atoms with Gasteiger partial charge in [-0.3, -0.25) is 4.79 Å². The van der Waals surface area contributed by atoms with Crippen molar-refractivity contribution in [2.24, 2.45) is 13.0 Å². The van der Waals surface area contributed by atoms with Crippen LogP contribution in [0.1, 0.15) is 24.1 Å². The number of carbonyl (C=O) groups is 1. The molecule has 5 aromatic rings. The third-order valence-corrected chi connectivity index (χ3v) is 7.35. The van der Waals surface area contributed by atoms with Crippen molar-refractivity contribution in [3.05, 3.63) is 91.2 Å². The molecule has 0 bridgehead atoms. The average Bonchev–Trinajstić information content (AvgIpc) is 3.37. The fraction of sp³-hybridized carbons (Fsp3) is 0.219. The summed E-state index contributed by atoms with van der Waals surface area (Å²) < 4.78 is 8.15. The van der Waals surface area contributed by atoms with Gasteiger partial charge >= 0.3 is 0 Å². The van der Waals surface area contributed by atoms with Crippen molar-refractivity contribution in [2.75, 3.05) is 18.4 Å². The molecule has 6 rings (SSSR count). The number of anilines is 2. The number of fused-ring (bicyclic) bond motifs is 2. The number of pyridine rings is 1. The molecule has 9 nitrogen and oxygen atoms in total. The van der Waals surface area contributed by atoms with E-state index in [2.05, 4.69) is 32.9 Å². The molecule has 4 heterocycles. The third kappa shape index (κ3) is 5.65. The number of ether oxygens (including phenoxy) is 1. The zero-order valence-corrected chi connectivity index (χ0v) is 23.1. The molecule has 1 aliphatic rings. The van der Waals surface area contributed by atoms with E-state index in [0.717, 1.165) is 64.4 Å². The van der Waals surface area contributed by atoms with E-state index in [4.69, 9.17) is 9.72 Å². The summed E-state index contributed by atoms with van der Waals surface area (Å²) in [7, 11) is 1.97. The van der Waals surface area contributed by atoms with Crippen LogP contribution in [0.4, 0.5) is 11.5 Å². The molecule has 1 saturated heterocycles. The van der Waals surface area contributed by atoms with E-state index >= 15 is 0 Å². The number of likely N-dealkylation sites (tertiary alicyclic amines) is 1. The molecule has 2 aromatic carbocycles. The Labute approximate surface area is 238 Å². The Balaban J connectivity index is 1.19. The maximum atomic E-state index is 12.0. The minimum absolute atomic E-state index is 0.0133. The van der Waals surface area contributed by atoms with Gasteiger partial charge < -0.3 is 19.5 Å². The Morgan fingerprint density at radius 1 is 1.10 bits per heavy atom. The van der Waals surface area contributed by atoms with Gasteiger partial charge in [-0.05, 0) is 85.9 Å². The molecule has 1 unspecified atom stereocenters. The molecule has 1 fully saturated rings. The minimum Gasteiger partial charge on any atom is -0.457 e. The van der Waals surface area contributed by atoms with Crippen molar-refractivity contribution < 1.29 is 9.53 Å². The summed E-state index contributed by atoms with van der Waals surface area (Å²) in [5, 5.41) is 3.40. The van der Waals surface area contributed by atoms with E-state index in [1.54, 1.807) is 6.33 Å². The molecule has 0 radical (unpaired) electrons. The Morgan fingerprint density at radius 3 is 2.85 bits per heavy atom. The lowest BCUT2D eigenvalue weighted by Crippen LogP contribution is -2.38. The Hall–Kier alpha value is -5.05. The van der Waals surface area contributed by atoms with Crippen molar-refractivity contribution in [3.8, 4) is 11.5 Å². The largest absolute Gasteiger partial charge is 0.457 e. The lowest BCUT2D eigenvalue weighted by molar-refractivity contribution is -0.127. The monoisotopic (exact) mass is 545 g/mol. The second kappa shape index (κ2) is 11.2. The number of hydrogen-bond acceptors (Lipinski definition) is 7. The van der Waals surface area contributed by atoms with Gasteiger partial charge in [-0.1, -0.05) is 12.7 Å². The van der Waals surface area contributed by atoms with Gasteiger partial charge in [-0.15, -0.1) is 0 Å². The predicted octanol–water partition coefficient (Wildman–Crippen LogP) is 6.19. The Kier molecular flexibility index (Phi) is 7.16. The summed E-state index contributed by atoms with van der Waals surface area (Å²) in [5.41, 5.74) is 6.03. The number of carbonyl (C=O) groups excluding carboxylic acids is 1. The molecule has 206 valence electrons. The molecule has 0 spiro atoms. The number of piperidine rings is 1. The molecular formula is C32H31N7O2. The number of imidazole rings is 1. The van der Waals surface area contributed by atoms with Crippen molar-refractivity contribution in [1.82, 2.24) is 29.4 Å². The zero-order valence-electron chi connectivity index (χ0n) is 23.1. The fourth-order valence-corrected chi connectivity index (χ4v) is 5.16. The molecule has 1 atom stereocenters. The van der Waals surface area contributed by atoms with E-state index in [1.807, 2.05) is 78.0 Å². The van der Waals surface area contributed by atoms with Crippen molar-refractivity contribution in [3.63, 3.8) is 0 Å². The highest BCUT2D eigenvalue weighted by molar-refractivity contribution is 5.88. The highest BCUT2D eigenvalue weighted by Crippen LogP contribution is 2.31. The molecule has 0 aliphatic carbocycles. The second-order valence-electron chi connectivity index (χ2n) is 10.3. The maximum Gasteiger partial charge on any atom is 0.245 e. The molecule has 3 aromatic heterocycles. The van der Waals surface area contributed by atoms with E-state index < -0.39 is 0 Å². The Bertz CT molecular complexity index is 1790. The summed E-state index contributed by atoms with van der Waals surface area (Å²) in [6, 6.07) is 15.7. The highest BCUT2D eigenvalue weighted by atomic mass is 16.5. The van der Waals surface area contributed by atoms with Crippen LogP contribution in [0.3, 0.4) is 0 Å². The number of benzene rings is 2. The van der Waals surface area contributed by atoms with Crippen LogP contribution in [-0.4, -0.2) is 48.4 Å². The van der Waals surface area contributed by atoms with Gasteiger partial charge in [-0.2, -0.15) is 0 Å². The first-order valence-corrected chi connectivity index (χ1v) is 13.6. The number of aryl methyl sites for hydroxylation is 2. The number of amides is 1. The first kappa shape index (κ1) is 26.2. The summed E-state index contributed by atoms with van der Waals surface area (Å²) >= 11 is 0. The molecule has 1 amide bonds. The lowest BCUT2D eigenvalue weighted by atomic mass is 9.97. The van der Waals surface area contributed by atoms with Crippen LogP contribution in [0, 0.1) is 12.8 Å². The van der Waals surface area contributed by atoms with E-state index in [0.29, 0.717) is 17.9 Å². The molecule has 1 N–H and O–H groups in total. The molecule has 9 heteroatoms. The topological polar surface area (TPSA) is 98.1 Å². The lowest BCUT2D eigenvalue weighted by Gasteiger charge is -2.30. The van der Waals surface area contributed by atoms with Gasteiger partial charge in [-0.25, -0.2) is 19.9 Å². The van der Waals surface area contributed by atoms with Gasteiger partial charge in [0, 0.05) is 31.9 Å². The standard InChI is InChI=1S/C32H31N7O2/c1-4-30(40)39-15-5-6-22(18-39)7-8-23-9-12-26-31(36-23)32(34-19-33-26)37-24-10-14-29(21(2)16-24)41-25-11-13-28-27(17-25)35-20-38(28)3/h4,7-14,16-17,19-20,22H,1,5-6,15,18H2,2-3H3,(H,33,34,37)/b8-7+. The summed E-state index contributed by atoms with van der Waals surface area (Å²) in [4.78, 5) is 32.0. The van der Waals surface area contributed by atoms with E-state index in [1.165, 1.54) is 12.4 Å². The van der Waals surface area contributed by atoms with Crippen LogP contribution in [-0.2, 0) is 11.8 Å². The molecule has 0 saturated carbocycles. The third-order valence-electron chi connectivity index (χ3n) is 7.35. The zero-order chi connectivity index (χ0) is 28.3. The SMILES string of the molecule is C=CC(=O)N1CCCC(/C=C/c2ccc3ncnc(Nc4ccc(Oc5ccc6c(c5)ncn6C)c(C)c4)c3n2)C1. The van der Waals surface area contributed by atoms with Crippen LogP contribution in [0.25, 0.3) is 28.1 Å². The normalized spacial score (nSPS) is 15.5. The smallest absolute Gasteiger partial charge is 0.245 e. The van der Waals surface area contributed by atoms with Crippen molar-refractivity contribution in [2.45, 2.75) is 19.8 Å². The predicted molar refractivity (Wildman–Crippen MR) is 161 cm³/mol. The first-order chi connectivity index (χ1) is 20.0. The van der Waals surface area contributed by atoms with Crippen LogP contribution < -0.4 is 10.1 Å². The van der Waals surface area contributed by atoms with Gasteiger partial charge in [0.2, 0.25) is 5.91 Å². The van der Waals surface area contributed by atoms with Gasteiger partial charge in [0.25, 0.3) is 0 Å². The van der Waals surface area contributed by atoms with Crippen LogP contribution in [0.2, 0.25) is 0 Å². The minimum atomic E-state index is -0.0133. The van der Waals surface area contributed by atoms with Crippen molar-refractivity contribution in [1.29, 1.82) is 0 Å². The number of hydrogen-bond donors (Lipinski definition) is 1. The molecule has 41 heavy (non-hydrogen) atoms. The Morgan fingerprint density at radius 2 is 2.00 bits per heavy atom. The maximum absolute atomic E-state index is 12.0. The van der Waals surface area contributed by atoms with Crippen LogP contribution in [0.5, 0.6) is 11.5 Å². The fourth-order valence-electron chi connectivity index (χ4n) is 5.16. The second-order valence-corrected chi connectivity index (χ2v) is 10.3. The van der Waals surface area contributed by atoms with Crippen molar-refractivity contribution >= 4 is 45.6 Å². The summed E-state index contributed by atoms with van der Waals surface area (Å²) in [6.45, 7) is 7.10. The number of aromatic nitrogens is 5. The molecular weight excluding hydrogens is 514 g/mol. The van der Waals surface area contributed by atoms with Gasteiger partial charge in [0.15, 0.2) is 5.82 Å². The van der Waals surface area contributed by atoms with Gasteiger partial charge in [0.05, 0.1) is 28.6 Å². The van der Waals surface area contributed by atoms with Crippen LogP contribution in [0.15, 0.2) is 79.9 Å². The van der Waals surface area contributed by atoms with E-state index in [9.17, 15) is 4.79 Å². The first-order valence-electron chi connectivity index (χ1n) is 13.6. The summed E-state index contributed by atoms with van der Waals surface area (Å²) in [5.74, 6) is 2.39. The number of rotatable bonds is 7. The quantitative estimate of drug-likeness (QED) is 0.243. The number of nitrogens with one attached hydrogen (secondary N) is 1. The molecule has 1 aliphatic heterocycles. The van der Waals surface area contributed by atoms with E-state index in [-0.39, 0.29) is 11.8 Å². The highest BCUT2D eigenvalue weighted by Gasteiger charge is 2.20. The number of nitrogens with zero attached hydrogens (tertiary/aromatic N) is 6. The summed E-state index contributed by atoms with van der Waals surface area (Å²) in [6.07, 6.45) is 10.9.